The van der Waals surface area contributed by atoms with Gasteiger partial charge in [0.2, 0.25) is 17.7 Å². The van der Waals surface area contributed by atoms with Crippen molar-refractivity contribution in [2.75, 3.05) is 120 Å². The average Bonchev–Trinajstić information content (AvgIpc) is 3.89. The highest BCUT2D eigenvalue weighted by Gasteiger charge is 2.39. The van der Waals surface area contributed by atoms with Gasteiger partial charge in [-0.3, -0.25) is 24.1 Å². The smallest absolute Gasteiger partial charge is 0.270 e. The Labute approximate surface area is 452 Å². The Morgan fingerprint density at radius 1 is 0.800 bits per heavy atom. The van der Waals surface area contributed by atoms with E-state index >= 15 is 0 Å². The van der Waals surface area contributed by atoms with E-state index in [9.17, 15) is 24.3 Å². The molecule has 1 aromatic heterocycles. The molecule has 19 nitrogen and oxygen atoms in total. The van der Waals surface area contributed by atoms with Gasteiger partial charge in [-0.2, -0.15) is 0 Å². The zero-order valence-electron chi connectivity index (χ0n) is 47.0. The number of amides is 4. The van der Waals surface area contributed by atoms with Gasteiger partial charge in [0.15, 0.2) is 0 Å². The molecular formula is C55H95N7O12S. The predicted molar refractivity (Wildman–Crippen MR) is 292 cm³/mol. The number of carbonyl (C=O) groups is 4. The highest BCUT2D eigenvalue weighted by molar-refractivity contribution is 7.09. The maximum absolute atomic E-state index is 14.8. The fourth-order valence-corrected chi connectivity index (χ4v) is 10.0. The molecule has 0 saturated carbocycles. The van der Waals surface area contributed by atoms with Crippen molar-refractivity contribution in [2.24, 2.45) is 23.5 Å². The summed E-state index contributed by atoms with van der Waals surface area (Å²) < 4.78 is 39.5. The van der Waals surface area contributed by atoms with Gasteiger partial charge in [0.25, 0.3) is 5.91 Å². The van der Waals surface area contributed by atoms with Crippen molar-refractivity contribution in [3.05, 3.63) is 45.4 Å². The zero-order valence-corrected chi connectivity index (χ0v) is 47.9. The van der Waals surface area contributed by atoms with Crippen molar-refractivity contribution in [3.8, 4) is 5.75 Å². The molecule has 1 heterocycles. The van der Waals surface area contributed by atoms with Gasteiger partial charge in [0.05, 0.1) is 91.2 Å². The molecule has 0 radical (unpaired) electrons. The first-order valence-electron chi connectivity index (χ1n) is 27.5. The summed E-state index contributed by atoms with van der Waals surface area (Å²) in [6.07, 6.45) is 3.78. The lowest BCUT2D eigenvalue weighted by Crippen LogP contribution is -2.59. The van der Waals surface area contributed by atoms with E-state index < -0.39 is 18.1 Å². The van der Waals surface area contributed by atoms with Crippen molar-refractivity contribution in [1.82, 2.24) is 30.7 Å². The molecule has 1 aliphatic rings. The minimum Gasteiger partial charge on any atom is -0.508 e. The van der Waals surface area contributed by atoms with Crippen molar-refractivity contribution >= 4 is 35.0 Å². The Morgan fingerprint density at radius 2 is 1.39 bits per heavy atom. The average molecular weight is 1080 g/mol. The summed E-state index contributed by atoms with van der Waals surface area (Å²) in [6.45, 7) is 23.5. The number of likely N-dealkylation sites (N-methyl/N-ethyl adjacent to an activating group) is 1. The summed E-state index contributed by atoms with van der Waals surface area (Å²) >= 11 is 1.35. The highest BCUT2D eigenvalue weighted by Crippen LogP contribution is 2.35. The third-order valence-corrected chi connectivity index (χ3v) is 14.5. The van der Waals surface area contributed by atoms with Crippen LogP contribution in [0.15, 0.2) is 23.6 Å². The number of phenols is 1. The van der Waals surface area contributed by atoms with E-state index in [0.29, 0.717) is 123 Å². The summed E-state index contributed by atoms with van der Waals surface area (Å²) in [5.41, 5.74) is 7.20. The first-order valence-corrected chi connectivity index (χ1v) is 28.4. The number of ether oxygens (including phenoxy) is 7. The standard InChI is InChI=1S/C55H95N7O12S/c1-11-19-62(55(67)49(39(7)13-3)60-53(66)50(61(9)10)40(8)14-4)47(38(5)6)36-48(74-20-12-2)54-59-46(37-75-54)52(65)58-42-33-41-15-16-43(63)35-44(41)45(34-42)51(64)57-18-22-69-24-26-71-28-30-73-32-31-72-29-27-70-25-23-68-21-17-56/h15-16,35,37-40,42,45,47-50,63H,11-14,17-34,36,56H2,1-10H3,(H,57,64)(H,58,65)(H,60,66)/t39-,40-,42-,45+,47+,48+,49-,50+/m0/s1. The number of rotatable bonds is 41. The molecule has 1 aliphatic carbocycles. The summed E-state index contributed by atoms with van der Waals surface area (Å²) in [4.78, 5) is 65.2. The van der Waals surface area contributed by atoms with Crippen molar-refractivity contribution in [2.45, 2.75) is 137 Å². The molecule has 0 unspecified atom stereocenters. The third kappa shape index (κ3) is 23.0. The fourth-order valence-electron chi connectivity index (χ4n) is 9.15. The van der Waals surface area contributed by atoms with Crippen molar-refractivity contribution in [3.63, 3.8) is 0 Å². The highest BCUT2D eigenvalue weighted by atomic mass is 32.1. The Hall–Kier alpha value is -3.83. The summed E-state index contributed by atoms with van der Waals surface area (Å²) in [7, 11) is 3.81. The summed E-state index contributed by atoms with van der Waals surface area (Å²) in [6, 6.07) is 3.30. The van der Waals surface area contributed by atoms with Crippen LogP contribution in [0.1, 0.15) is 133 Å². The number of hydrogen-bond acceptors (Lipinski definition) is 16. The molecule has 0 aliphatic heterocycles. The lowest BCUT2D eigenvalue weighted by Gasteiger charge is -2.40. The molecule has 6 N–H and O–H groups in total. The van der Waals surface area contributed by atoms with Crippen LogP contribution in [-0.2, 0) is 54.0 Å². The second-order valence-electron chi connectivity index (χ2n) is 20.0. The van der Waals surface area contributed by atoms with Gasteiger partial charge in [-0.1, -0.05) is 74.3 Å². The first kappa shape index (κ1) is 65.5. The lowest BCUT2D eigenvalue weighted by atomic mass is 9.79. The molecule has 0 spiro atoms. The molecule has 4 amide bonds. The van der Waals surface area contributed by atoms with E-state index in [-0.39, 0.29) is 84.1 Å². The topological polar surface area (TPSA) is 235 Å². The Morgan fingerprint density at radius 3 is 1.92 bits per heavy atom. The number of hydrogen-bond donors (Lipinski definition) is 5. The third-order valence-electron chi connectivity index (χ3n) is 13.5. The molecular weight excluding hydrogens is 983 g/mol. The molecule has 0 bridgehead atoms. The maximum Gasteiger partial charge on any atom is 0.270 e. The zero-order chi connectivity index (χ0) is 55.1. The molecule has 20 heteroatoms. The summed E-state index contributed by atoms with van der Waals surface area (Å²) in [5, 5.41) is 22.1. The van der Waals surface area contributed by atoms with Crippen LogP contribution in [0.25, 0.3) is 0 Å². The van der Waals surface area contributed by atoms with E-state index in [1.165, 1.54) is 11.3 Å². The molecule has 0 saturated heterocycles. The summed E-state index contributed by atoms with van der Waals surface area (Å²) in [5.74, 6) is -1.36. The number of thiazole rings is 1. The van der Waals surface area contributed by atoms with Gasteiger partial charge >= 0.3 is 0 Å². The van der Waals surface area contributed by atoms with Gasteiger partial charge < -0.3 is 64.8 Å². The molecule has 8 atom stereocenters. The van der Waals surface area contributed by atoms with Crippen LogP contribution in [0, 0.1) is 17.8 Å². The Kier molecular flexibility index (Phi) is 32.3. The van der Waals surface area contributed by atoms with Gasteiger partial charge in [-0.15, -0.1) is 11.3 Å². The number of aromatic hydroxyl groups is 1. The van der Waals surface area contributed by atoms with Crippen molar-refractivity contribution < 1.29 is 57.4 Å². The number of benzene rings is 1. The van der Waals surface area contributed by atoms with Crippen LogP contribution in [0.3, 0.4) is 0 Å². The quantitative estimate of drug-likeness (QED) is 0.0519. The number of aromatic nitrogens is 1. The number of carbonyl (C=O) groups excluding carboxylic acids is 4. The van der Waals surface area contributed by atoms with Crippen LogP contribution in [0.5, 0.6) is 5.75 Å². The van der Waals surface area contributed by atoms with Crippen LogP contribution >= 0.6 is 11.3 Å². The van der Waals surface area contributed by atoms with Gasteiger partial charge in [0, 0.05) is 50.1 Å². The van der Waals surface area contributed by atoms with E-state index in [1.54, 1.807) is 23.6 Å². The molecule has 1 aromatic carbocycles. The maximum atomic E-state index is 14.8. The number of fused-ring (bicyclic) bond motifs is 1. The number of nitrogens with zero attached hydrogens (tertiary/aromatic N) is 3. The van der Waals surface area contributed by atoms with Crippen LogP contribution < -0.4 is 21.7 Å². The van der Waals surface area contributed by atoms with Crippen LogP contribution in [0.2, 0.25) is 0 Å². The lowest BCUT2D eigenvalue weighted by molar-refractivity contribution is -0.143. The predicted octanol–water partition coefficient (Wildman–Crippen LogP) is 5.48. The van der Waals surface area contributed by atoms with E-state index in [4.69, 9.17) is 43.9 Å². The van der Waals surface area contributed by atoms with Crippen LogP contribution in [0.4, 0.5) is 0 Å². The monoisotopic (exact) mass is 1080 g/mol. The van der Waals surface area contributed by atoms with E-state index in [2.05, 4.69) is 50.6 Å². The number of nitrogens with two attached hydrogens (primary N) is 1. The van der Waals surface area contributed by atoms with Gasteiger partial charge in [-0.05, 0) is 80.8 Å². The number of nitrogens with one attached hydrogen (secondary N) is 3. The minimum absolute atomic E-state index is 0.0389. The number of phenolic OH excluding ortho intramolecular Hbond substituents is 1. The fraction of sp³-hybridized carbons (Fsp3) is 0.764. The Balaban J connectivity index is 1.59. The van der Waals surface area contributed by atoms with E-state index in [0.717, 1.165) is 30.4 Å². The van der Waals surface area contributed by atoms with Gasteiger partial charge in [0.1, 0.15) is 28.6 Å². The molecule has 2 aromatic rings. The Bertz CT molecular complexity index is 1930. The minimum atomic E-state index is -0.703. The van der Waals surface area contributed by atoms with Crippen molar-refractivity contribution in [1.29, 1.82) is 0 Å². The van der Waals surface area contributed by atoms with Gasteiger partial charge in [-0.25, -0.2) is 4.98 Å². The molecule has 3 rings (SSSR count). The van der Waals surface area contributed by atoms with Crippen LogP contribution in [-0.4, -0.2) is 187 Å². The SMILES string of the molecule is CCCO[C@H](C[C@H](C(C)C)N(CCC)C(=O)[C@@H](NC(=O)[C@@H]([C@@H](C)CC)N(C)C)[C@@H](C)CC)c1nc(C(=O)N[C@H]2Cc3ccc(O)cc3[C@H](C(=O)NCCOCCOCCOCCOCCOCCOCCN)C2)cs1. The second kappa shape index (κ2) is 37.1. The molecule has 428 valence electrons. The largest absolute Gasteiger partial charge is 0.508 e. The normalized spacial score (nSPS) is 17.0. The molecule has 75 heavy (non-hydrogen) atoms. The van der Waals surface area contributed by atoms with E-state index in [1.807, 2.05) is 44.7 Å². The second-order valence-corrected chi connectivity index (χ2v) is 20.9. The first-order chi connectivity index (χ1) is 36.1. The molecule has 0 fully saturated rings.